The van der Waals surface area contributed by atoms with Gasteiger partial charge in [-0.15, -0.1) is 0 Å². The Morgan fingerprint density at radius 1 is 1.09 bits per heavy atom. The molecule has 4 rings (SSSR count). The summed E-state index contributed by atoms with van der Waals surface area (Å²) >= 11 is 7.72. The van der Waals surface area contributed by atoms with Crippen LogP contribution in [0.2, 0.25) is 5.02 Å². The van der Waals surface area contributed by atoms with Crippen LogP contribution in [0.4, 0.5) is 5.69 Å². The van der Waals surface area contributed by atoms with Gasteiger partial charge in [-0.25, -0.2) is 4.98 Å². The van der Waals surface area contributed by atoms with Crippen molar-refractivity contribution >= 4 is 35.3 Å². The summed E-state index contributed by atoms with van der Waals surface area (Å²) in [7, 11) is 0. The Balaban J connectivity index is 1.76. The van der Waals surface area contributed by atoms with Gasteiger partial charge in [0.1, 0.15) is 0 Å². The Hall–Kier alpha value is -2.04. The Bertz CT molecular complexity index is 854. The lowest BCUT2D eigenvalue weighted by Gasteiger charge is -2.03. The van der Waals surface area contributed by atoms with Gasteiger partial charge >= 0.3 is 0 Å². The number of fused-ring (bicyclic) bond motifs is 1. The Morgan fingerprint density at radius 2 is 1.87 bits per heavy atom. The van der Waals surface area contributed by atoms with Crippen LogP contribution in [0.15, 0.2) is 64.7 Å². The molecule has 3 nitrogen and oxygen atoms in total. The Labute approximate surface area is 144 Å². The van der Waals surface area contributed by atoms with E-state index in [1.54, 1.807) is 11.8 Å². The van der Waals surface area contributed by atoms with E-state index >= 15 is 0 Å². The minimum Gasteiger partial charge on any atom is -0.317 e. The second-order valence-electron chi connectivity index (χ2n) is 5.23. The smallest absolute Gasteiger partial charge is 0.169 e. The van der Waals surface area contributed by atoms with Crippen molar-refractivity contribution in [1.29, 1.82) is 0 Å². The zero-order valence-electron chi connectivity index (χ0n) is 12.3. The molecule has 0 unspecified atom stereocenters. The van der Waals surface area contributed by atoms with Crippen molar-refractivity contribution in [3.63, 3.8) is 0 Å². The molecule has 1 aliphatic heterocycles. The molecule has 0 atom stereocenters. The summed E-state index contributed by atoms with van der Waals surface area (Å²) in [5.41, 5.74) is 4.05. The average Bonchev–Trinajstić information content (AvgIpc) is 3.17. The molecule has 0 fully saturated rings. The number of halogens is 1. The highest BCUT2D eigenvalue weighted by atomic mass is 35.5. The largest absolute Gasteiger partial charge is 0.317 e. The van der Waals surface area contributed by atoms with Gasteiger partial charge in [0.2, 0.25) is 0 Å². The SMILES string of the molecule is Clc1ccc(N=Cc2c(-c3ccccc3)nc3n2CCS3)cc1. The molecule has 1 aromatic heterocycles. The first-order valence-electron chi connectivity index (χ1n) is 7.39. The van der Waals surface area contributed by atoms with E-state index in [2.05, 4.69) is 21.7 Å². The van der Waals surface area contributed by atoms with Gasteiger partial charge in [-0.05, 0) is 24.3 Å². The van der Waals surface area contributed by atoms with Crippen LogP contribution in [0, 0.1) is 0 Å². The zero-order chi connectivity index (χ0) is 15.6. The van der Waals surface area contributed by atoms with Crippen molar-refractivity contribution in [2.45, 2.75) is 11.7 Å². The third-order valence-electron chi connectivity index (χ3n) is 3.73. The lowest BCUT2D eigenvalue weighted by molar-refractivity contribution is 0.715. The zero-order valence-corrected chi connectivity index (χ0v) is 13.9. The molecule has 0 bridgehead atoms. The van der Waals surface area contributed by atoms with E-state index in [0.29, 0.717) is 0 Å². The summed E-state index contributed by atoms with van der Waals surface area (Å²) in [6.45, 7) is 0.974. The van der Waals surface area contributed by atoms with E-state index in [4.69, 9.17) is 16.6 Å². The highest BCUT2D eigenvalue weighted by molar-refractivity contribution is 7.99. The van der Waals surface area contributed by atoms with Gasteiger partial charge in [-0.3, -0.25) is 4.99 Å². The molecule has 2 aromatic carbocycles. The highest BCUT2D eigenvalue weighted by Crippen LogP contribution is 2.32. The third kappa shape index (κ3) is 2.92. The predicted octanol–water partition coefficient (Wildman–Crippen LogP) is 5.06. The molecule has 0 saturated carbocycles. The lowest BCUT2D eigenvalue weighted by Crippen LogP contribution is -2.00. The molecule has 0 radical (unpaired) electrons. The molecule has 0 N–H and O–H groups in total. The van der Waals surface area contributed by atoms with Crippen molar-refractivity contribution in [3.05, 3.63) is 65.3 Å². The molecule has 0 saturated heterocycles. The van der Waals surface area contributed by atoms with E-state index in [1.807, 2.05) is 48.7 Å². The van der Waals surface area contributed by atoms with E-state index in [-0.39, 0.29) is 0 Å². The highest BCUT2D eigenvalue weighted by Gasteiger charge is 2.21. The molecule has 5 heteroatoms. The van der Waals surface area contributed by atoms with Crippen LogP contribution in [0.5, 0.6) is 0 Å². The summed E-state index contributed by atoms with van der Waals surface area (Å²) < 4.78 is 2.24. The first-order valence-corrected chi connectivity index (χ1v) is 8.76. The van der Waals surface area contributed by atoms with Gasteiger partial charge in [0.25, 0.3) is 0 Å². The summed E-state index contributed by atoms with van der Waals surface area (Å²) in [5, 5.41) is 1.79. The van der Waals surface area contributed by atoms with Crippen molar-refractivity contribution in [2.24, 2.45) is 4.99 Å². The molecule has 0 spiro atoms. The van der Waals surface area contributed by atoms with Crippen LogP contribution in [0.25, 0.3) is 11.3 Å². The maximum Gasteiger partial charge on any atom is 0.169 e. The molecule has 3 aromatic rings. The van der Waals surface area contributed by atoms with Crippen molar-refractivity contribution in [2.75, 3.05) is 5.75 Å². The van der Waals surface area contributed by atoms with Gasteiger partial charge in [-0.2, -0.15) is 0 Å². The fourth-order valence-corrected chi connectivity index (χ4v) is 3.68. The van der Waals surface area contributed by atoms with Crippen LogP contribution >= 0.6 is 23.4 Å². The quantitative estimate of drug-likeness (QED) is 0.624. The third-order valence-corrected chi connectivity index (χ3v) is 4.94. The number of benzene rings is 2. The molecule has 2 heterocycles. The topological polar surface area (TPSA) is 30.2 Å². The van der Waals surface area contributed by atoms with Crippen molar-refractivity contribution < 1.29 is 0 Å². The number of hydrogen-bond acceptors (Lipinski definition) is 3. The summed E-state index contributed by atoms with van der Waals surface area (Å²) in [4.78, 5) is 9.40. The number of aliphatic imine (C=N–C) groups is 1. The predicted molar refractivity (Wildman–Crippen MR) is 97.1 cm³/mol. The average molecular weight is 340 g/mol. The lowest BCUT2D eigenvalue weighted by atomic mass is 10.1. The molecular weight excluding hydrogens is 326 g/mol. The standard InChI is InChI=1S/C18H14ClN3S/c19-14-6-8-15(9-7-14)20-12-16-17(13-4-2-1-3-5-13)21-18-22(16)10-11-23-18/h1-9,12H,10-11H2. The molecule has 1 aliphatic rings. The summed E-state index contributed by atoms with van der Waals surface area (Å²) in [6, 6.07) is 17.8. The van der Waals surface area contributed by atoms with E-state index < -0.39 is 0 Å². The number of aromatic nitrogens is 2. The molecule has 23 heavy (non-hydrogen) atoms. The number of imidazole rings is 1. The number of nitrogens with zero attached hydrogens (tertiary/aromatic N) is 3. The first-order chi connectivity index (χ1) is 11.3. The first kappa shape index (κ1) is 14.5. The van der Waals surface area contributed by atoms with E-state index in [0.717, 1.165) is 45.1 Å². The number of rotatable bonds is 3. The molecule has 0 amide bonds. The molecule has 0 aliphatic carbocycles. The van der Waals surface area contributed by atoms with Crippen LogP contribution in [0.1, 0.15) is 5.69 Å². The maximum atomic E-state index is 5.92. The van der Waals surface area contributed by atoms with E-state index in [9.17, 15) is 0 Å². The normalized spacial score (nSPS) is 13.6. The minimum absolute atomic E-state index is 0.718. The number of thioether (sulfide) groups is 1. The van der Waals surface area contributed by atoms with Crippen molar-refractivity contribution in [3.8, 4) is 11.3 Å². The van der Waals surface area contributed by atoms with Gasteiger partial charge in [-0.1, -0.05) is 53.7 Å². The van der Waals surface area contributed by atoms with Crippen LogP contribution in [0.3, 0.4) is 0 Å². The minimum atomic E-state index is 0.718. The van der Waals surface area contributed by atoms with Gasteiger partial charge in [0.15, 0.2) is 5.16 Å². The van der Waals surface area contributed by atoms with Crippen LogP contribution in [-0.4, -0.2) is 21.5 Å². The number of hydrogen-bond donors (Lipinski definition) is 0. The molecule has 114 valence electrons. The fraction of sp³-hybridized carbons (Fsp3) is 0.111. The second-order valence-corrected chi connectivity index (χ2v) is 6.73. The fourth-order valence-electron chi connectivity index (χ4n) is 2.60. The van der Waals surface area contributed by atoms with Gasteiger partial charge < -0.3 is 4.57 Å². The van der Waals surface area contributed by atoms with Gasteiger partial charge in [0, 0.05) is 22.9 Å². The maximum absolute atomic E-state index is 5.92. The Morgan fingerprint density at radius 3 is 2.65 bits per heavy atom. The monoisotopic (exact) mass is 339 g/mol. The van der Waals surface area contributed by atoms with Crippen molar-refractivity contribution in [1.82, 2.24) is 9.55 Å². The van der Waals surface area contributed by atoms with E-state index in [1.165, 1.54) is 0 Å². The second kappa shape index (κ2) is 6.22. The van der Waals surface area contributed by atoms with Crippen LogP contribution in [-0.2, 0) is 6.54 Å². The Kier molecular flexibility index (Phi) is 3.93. The summed E-state index contributed by atoms with van der Waals surface area (Å²) in [5.74, 6) is 1.07. The van der Waals surface area contributed by atoms with Crippen LogP contribution < -0.4 is 0 Å². The molecular formula is C18H14ClN3S. The summed E-state index contributed by atoms with van der Waals surface area (Å²) in [6.07, 6.45) is 1.91. The van der Waals surface area contributed by atoms with Gasteiger partial charge in [0.05, 0.1) is 23.3 Å².